The van der Waals surface area contributed by atoms with Crippen LogP contribution in [0.3, 0.4) is 0 Å². The second-order valence-electron chi connectivity index (χ2n) is 5.73. The highest BCUT2D eigenvalue weighted by Crippen LogP contribution is 2.37. The van der Waals surface area contributed by atoms with E-state index >= 15 is 0 Å². The molecule has 1 amide bonds. The highest BCUT2D eigenvalue weighted by molar-refractivity contribution is 6.37. The molecule has 2 aromatic rings. The first-order chi connectivity index (χ1) is 12.6. The zero-order valence-corrected chi connectivity index (χ0v) is 15.9. The van der Waals surface area contributed by atoms with Gasteiger partial charge in [-0.1, -0.05) is 43.1 Å². The molecule has 0 fully saturated rings. The molecule has 0 radical (unpaired) electrons. The van der Waals surface area contributed by atoms with E-state index in [1.54, 1.807) is 13.8 Å². The molecule has 0 unspecified atom stereocenters. The third-order valence-corrected chi connectivity index (χ3v) is 4.81. The van der Waals surface area contributed by atoms with Crippen molar-refractivity contribution >= 4 is 29.1 Å². The predicted molar refractivity (Wildman–Crippen MR) is 95.0 cm³/mol. The average Bonchev–Trinajstić information content (AvgIpc) is 3.05. The number of carbonyl (C=O) groups is 1. The Balaban J connectivity index is 2.63. The highest BCUT2D eigenvalue weighted by atomic mass is 35.5. The smallest absolute Gasteiger partial charge is 0.332 e. The van der Waals surface area contributed by atoms with Crippen LogP contribution in [0.5, 0.6) is 0 Å². The Labute approximate surface area is 163 Å². The number of aromatic nitrogens is 2. The van der Waals surface area contributed by atoms with Crippen molar-refractivity contribution < 1.29 is 18.0 Å². The Morgan fingerprint density at radius 2 is 1.81 bits per heavy atom. The molecule has 0 bridgehead atoms. The second kappa shape index (κ2) is 7.79. The van der Waals surface area contributed by atoms with Gasteiger partial charge in [-0.2, -0.15) is 18.4 Å². The summed E-state index contributed by atoms with van der Waals surface area (Å²) >= 11 is 12.0. The maximum atomic E-state index is 13.7. The molecule has 2 rings (SSSR count). The molecule has 1 N–H and O–H groups in total. The van der Waals surface area contributed by atoms with E-state index in [4.69, 9.17) is 23.2 Å². The van der Waals surface area contributed by atoms with Gasteiger partial charge in [-0.05, 0) is 25.0 Å². The van der Waals surface area contributed by atoms with E-state index in [0.29, 0.717) is 4.57 Å². The quantitative estimate of drug-likeness (QED) is 0.741. The lowest BCUT2D eigenvalue weighted by molar-refractivity contribution is -0.142. The fourth-order valence-electron chi connectivity index (χ4n) is 2.56. The van der Waals surface area contributed by atoms with Crippen LogP contribution in [0.25, 0.3) is 5.69 Å². The molecule has 0 spiro atoms. The molecular formula is C17H15Cl2F3N4O. The van der Waals surface area contributed by atoms with E-state index in [1.165, 1.54) is 18.2 Å². The van der Waals surface area contributed by atoms with Gasteiger partial charge >= 0.3 is 6.18 Å². The average molecular weight is 419 g/mol. The topological polar surface area (TPSA) is 70.7 Å². The minimum Gasteiger partial charge on any atom is -0.332 e. The van der Waals surface area contributed by atoms with E-state index in [0.717, 1.165) is 6.33 Å². The number of alkyl halides is 3. The summed E-state index contributed by atoms with van der Waals surface area (Å²) in [6.07, 6.45) is -3.63. The molecule has 27 heavy (non-hydrogen) atoms. The van der Waals surface area contributed by atoms with Crippen molar-refractivity contribution in [2.24, 2.45) is 0 Å². The number of para-hydroxylation sites is 1. The van der Waals surface area contributed by atoms with E-state index in [-0.39, 0.29) is 28.6 Å². The molecule has 0 saturated heterocycles. The molecule has 144 valence electrons. The summed E-state index contributed by atoms with van der Waals surface area (Å²) < 4.78 is 41.8. The fraction of sp³-hybridized carbons (Fsp3) is 0.353. The van der Waals surface area contributed by atoms with Crippen molar-refractivity contribution in [2.45, 2.75) is 38.4 Å². The standard InChI is InChI=1S/C17H15Cl2F3N4O/c1-3-16(4-2,8-23)25-15(27)12-14(17(20,21)22)26(9-24-12)13-10(18)6-5-7-11(13)19/h5-7,9H,3-4H2,1-2H3,(H,25,27). The van der Waals surface area contributed by atoms with Crippen LogP contribution >= 0.6 is 23.2 Å². The van der Waals surface area contributed by atoms with Crippen molar-refractivity contribution in [3.05, 3.63) is 46.0 Å². The summed E-state index contributed by atoms with van der Waals surface area (Å²) in [5, 5.41) is 11.6. The largest absolute Gasteiger partial charge is 0.434 e. The molecular weight excluding hydrogens is 404 g/mol. The van der Waals surface area contributed by atoms with Gasteiger partial charge in [0.1, 0.15) is 11.9 Å². The molecule has 5 nitrogen and oxygen atoms in total. The third-order valence-electron chi connectivity index (χ3n) is 4.20. The zero-order valence-electron chi connectivity index (χ0n) is 14.4. The number of hydrogen-bond donors (Lipinski definition) is 1. The van der Waals surface area contributed by atoms with Gasteiger partial charge in [0, 0.05) is 0 Å². The number of imidazole rings is 1. The van der Waals surface area contributed by atoms with Crippen molar-refractivity contribution in [1.82, 2.24) is 14.9 Å². The lowest BCUT2D eigenvalue weighted by atomic mass is 9.94. The van der Waals surface area contributed by atoms with Crippen LogP contribution in [0.4, 0.5) is 13.2 Å². The van der Waals surface area contributed by atoms with Gasteiger partial charge in [0.05, 0.1) is 21.8 Å². The van der Waals surface area contributed by atoms with E-state index in [9.17, 15) is 23.2 Å². The van der Waals surface area contributed by atoms with Crippen LogP contribution in [0.2, 0.25) is 10.0 Å². The van der Waals surface area contributed by atoms with Crippen LogP contribution in [-0.2, 0) is 6.18 Å². The maximum absolute atomic E-state index is 13.7. The lowest BCUT2D eigenvalue weighted by Crippen LogP contribution is -2.47. The minimum absolute atomic E-state index is 0.0363. The maximum Gasteiger partial charge on any atom is 0.434 e. The van der Waals surface area contributed by atoms with Crippen molar-refractivity contribution in [3.8, 4) is 11.8 Å². The van der Waals surface area contributed by atoms with Gasteiger partial charge in [0.15, 0.2) is 11.4 Å². The lowest BCUT2D eigenvalue weighted by Gasteiger charge is -2.24. The molecule has 0 aliphatic rings. The first kappa shape index (κ1) is 21.1. The van der Waals surface area contributed by atoms with Crippen LogP contribution in [0.15, 0.2) is 24.5 Å². The second-order valence-corrected chi connectivity index (χ2v) is 6.55. The molecule has 0 aliphatic heterocycles. The summed E-state index contributed by atoms with van der Waals surface area (Å²) in [6, 6.07) is 6.17. The number of halogens is 5. The van der Waals surface area contributed by atoms with Gasteiger partial charge < -0.3 is 5.32 Å². The number of amides is 1. The summed E-state index contributed by atoms with van der Waals surface area (Å²) in [7, 11) is 0. The van der Waals surface area contributed by atoms with Gasteiger partial charge in [0.25, 0.3) is 5.91 Å². The Kier molecular flexibility index (Phi) is 6.07. The number of benzene rings is 1. The van der Waals surface area contributed by atoms with E-state index in [1.807, 2.05) is 6.07 Å². The number of rotatable bonds is 5. The Morgan fingerprint density at radius 1 is 1.26 bits per heavy atom. The Hall–Kier alpha value is -2.24. The van der Waals surface area contributed by atoms with E-state index < -0.39 is 29.0 Å². The Bertz CT molecular complexity index is 878. The molecule has 1 heterocycles. The van der Waals surface area contributed by atoms with Crippen molar-refractivity contribution in [2.75, 3.05) is 0 Å². The molecule has 0 atom stereocenters. The fourth-order valence-corrected chi connectivity index (χ4v) is 3.14. The summed E-state index contributed by atoms with van der Waals surface area (Å²) in [6.45, 7) is 3.31. The van der Waals surface area contributed by atoms with Crippen molar-refractivity contribution in [1.29, 1.82) is 5.26 Å². The highest BCUT2D eigenvalue weighted by Gasteiger charge is 2.42. The SMILES string of the molecule is CCC(C#N)(CC)NC(=O)c1ncn(-c2c(Cl)cccc2Cl)c1C(F)(F)F. The Morgan fingerprint density at radius 3 is 2.26 bits per heavy atom. The normalized spacial score (nSPS) is 11.9. The van der Waals surface area contributed by atoms with Crippen molar-refractivity contribution in [3.63, 3.8) is 0 Å². The summed E-state index contributed by atoms with van der Waals surface area (Å²) in [5.74, 6) is -1.10. The molecule has 0 saturated carbocycles. The summed E-state index contributed by atoms with van der Waals surface area (Å²) in [5.41, 5.74) is -3.61. The molecule has 0 aliphatic carbocycles. The van der Waals surface area contributed by atoms with Gasteiger partial charge in [-0.15, -0.1) is 0 Å². The van der Waals surface area contributed by atoms with Crippen LogP contribution in [0.1, 0.15) is 42.9 Å². The minimum atomic E-state index is -4.92. The van der Waals surface area contributed by atoms with Crippen LogP contribution in [0, 0.1) is 11.3 Å². The molecule has 10 heteroatoms. The summed E-state index contributed by atoms with van der Waals surface area (Å²) in [4.78, 5) is 16.1. The first-order valence-electron chi connectivity index (χ1n) is 7.93. The molecule has 1 aromatic carbocycles. The van der Waals surface area contributed by atoms with Gasteiger partial charge in [-0.25, -0.2) is 4.98 Å². The molecule has 1 aromatic heterocycles. The van der Waals surface area contributed by atoms with E-state index in [2.05, 4.69) is 10.3 Å². The predicted octanol–water partition coefficient (Wildman–Crippen LogP) is 5.01. The van der Waals surface area contributed by atoms with Gasteiger partial charge in [0.2, 0.25) is 0 Å². The van der Waals surface area contributed by atoms with Gasteiger partial charge in [-0.3, -0.25) is 9.36 Å². The van der Waals surface area contributed by atoms with Crippen LogP contribution in [-0.4, -0.2) is 21.0 Å². The van der Waals surface area contributed by atoms with Crippen LogP contribution < -0.4 is 5.32 Å². The number of nitrogens with zero attached hydrogens (tertiary/aromatic N) is 3. The zero-order chi connectivity index (χ0) is 20.4. The number of nitriles is 1. The number of hydrogen-bond acceptors (Lipinski definition) is 3. The third kappa shape index (κ3) is 4.04. The number of nitrogens with one attached hydrogen (secondary N) is 1. The number of carbonyl (C=O) groups excluding carboxylic acids is 1. The first-order valence-corrected chi connectivity index (χ1v) is 8.68. The monoisotopic (exact) mass is 418 g/mol.